The van der Waals surface area contributed by atoms with Crippen molar-refractivity contribution < 1.29 is 37.9 Å². The Labute approximate surface area is 325 Å². The number of carbonyl (C=O) groups is 2. The molecule has 0 saturated heterocycles. The molecule has 310 valence electrons. The molecule has 0 aliphatic carbocycles. The zero-order chi connectivity index (χ0) is 38.9. The maximum absolute atomic E-state index is 12.4. The maximum atomic E-state index is 12.4. The van der Waals surface area contributed by atoms with Crippen LogP contribution in [0.25, 0.3) is 0 Å². The predicted octanol–water partition coefficient (Wildman–Crippen LogP) is 13.4. The Balaban J connectivity index is 3.92. The van der Waals surface area contributed by atoms with Crippen LogP contribution < -0.4 is 0 Å². The van der Waals surface area contributed by atoms with Crippen LogP contribution in [0.1, 0.15) is 213 Å². The summed E-state index contributed by atoms with van der Waals surface area (Å²) in [6.07, 6.45) is 47.2. The van der Waals surface area contributed by atoms with Crippen molar-refractivity contribution >= 4 is 19.8 Å². The lowest BCUT2D eigenvalue weighted by atomic mass is 10.0. The molecule has 0 aromatic heterocycles. The van der Waals surface area contributed by atoms with Gasteiger partial charge in [-0.1, -0.05) is 185 Å². The summed E-state index contributed by atoms with van der Waals surface area (Å²) in [5.74, 6) is -0.902. The van der Waals surface area contributed by atoms with E-state index in [1.54, 1.807) is 0 Å². The molecule has 9 heteroatoms. The Bertz CT molecular complexity index is 957. The molecule has 53 heavy (non-hydrogen) atoms. The summed E-state index contributed by atoms with van der Waals surface area (Å²) in [5, 5.41) is 0. The van der Waals surface area contributed by atoms with Crippen molar-refractivity contribution in [3.63, 3.8) is 0 Å². The number of rotatable bonds is 40. The predicted molar refractivity (Wildman–Crippen MR) is 221 cm³/mol. The van der Waals surface area contributed by atoms with Gasteiger partial charge in [0.15, 0.2) is 6.10 Å². The quantitative estimate of drug-likeness (QED) is 0.0274. The summed E-state index contributed by atoms with van der Waals surface area (Å²) in [4.78, 5) is 42.9. The molecule has 0 bridgehead atoms. The SMILES string of the molecule is CCCCC/C=C/C/C=C/C/C=C/CCCCCCC(=O)OC[C@H](COP(=O)(O)O)OC(=O)CCCCCCCCCCCCCCCCCCCC. The van der Waals surface area contributed by atoms with Crippen LogP contribution in [0, 0.1) is 0 Å². The molecule has 0 aliphatic heterocycles. The topological polar surface area (TPSA) is 119 Å². The van der Waals surface area contributed by atoms with Crippen molar-refractivity contribution in [1.29, 1.82) is 0 Å². The fourth-order valence-electron chi connectivity index (χ4n) is 6.15. The summed E-state index contributed by atoms with van der Waals surface area (Å²) in [6, 6.07) is 0. The third-order valence-corrected chi connectivity index (χ3v) is 9.90. The van der Waals surface area contributed by atoms with E-state index in [1.165, 1.54) is 116 Å². The lowest BCUT2D eigenvalue weighted by Gasteiger charge is -2.18. The minimum Gasteiger partial charge on any atom is -0.462 e. The molecule has 0 fully saturated rings. The van der Waals surface area contributed by atoms with E-state index in [4.69, 9.17) is 19.3 Å². The van der Waals surface area contributed by atoms with Crippen LogP contribution in [0.15, 0.2) is 36.5 Å². The number of hydrogen-bond donors (Lipinski definition) is 2. The molecule has 1 atom stereocenters. The highest BCUT2D eigenvalue weighted by Crippen LogP contribution is 2.36. The molecule has 0 spiro atoms. The van der Waals surface area contributed by atoms with Gasteiger partial charge in [0.2, 0.25) is 0 Å². The average Bonchev–Trinajstić information content (AvgIpc) is 3.13. The van der Waals surface area contributed by atoms with Crippen molar-refractivity contribution in [2.75, 3.05) is 13.2 Å². The van der Waals surface area contributed by atoms with E-state index < -0.39 is 32.5 Å². The molecule has 0 rings (SSSR count). The molecular weight excluding hydrogens is 687 g/mol. The number of ether oxygens (including phenoxy) is 2. The second-order valence-corrected chi connectivity index (χ2v) is 15.9. The van der Waals surface area contributed by atoms with Gasteiger partial charge in [-0.3, -0.25) is 14.1 Å². The largest absolute Gasteiger partial charge is 0.469 e. The fraction of sp³-hybridized carbons (Fsp3) is 0.818. The van der Waals surface area contributed by atoms with Gasteiger partial charge in [0.05, 0.1) is 6.61 Å². The highest BCUT2D eigenvalue weighted by molar-refractivity contribution is 7.46. The van der Waals surface area contributed by atoms with Crippen LogP contribution in [-0.2, 0) is 28.2 Å². The van der Waals surface area contributed by atoms with Crippen LogP contribution >= 0.6 is 7.82 Å². The molecule has 0 amide bonds. The molecular formula is C44H81O8P. The molecule has 2 N–H and O–H groups in total. The van der Waals surface area contributed by atoms with E-state index in [0.717, 1.165) is 57.8 Å². The summed E-state index contributed by atoms with van der Waals surface area (Å²) < 4.78 is 26.4. The van der Waals surface area contributed by atoms with E-state index >= 15 is 0 Å². The van der Waals surface area contributed by atoms with Gasteiger partial charge < -0.3 is 19.3 Å². The minimum atomic E-state index is -4.76. The zero-order valence-corrected chi connectivity index (χ0v) is 35.1. The van der Waals surface area contributed by atoms with E-state index in [0.29, 0.717) is 12.8 Å². The molecule has 8 nitrogen and oxygen atoms in total. The number of phosphoric acid groups is 1. The summed E-state index contributed by atoms with van der Waals surface area (Å²) in [7, 11) is -4.76. The van der Waals surface area contributed by atoms with E-state index in [1.807, 2.05) is 0 Å². The molecule has 0 heterocycles. The van der Waals surface area contributed by atoms with Crippen molar-refractivity contribution in [3.05, 3.63) is 36.5 Å². The second-order valence-electron chi connectivity index (χ2n) is 14.7. The number of carbonyl (C=O) groups excluding carboxylic acids is 2. The van der Waals surface area contributed by atoms with E-state index in [9.17, 15) is 14.2 Å². The second kappa shape index (κ2) is 39.9. The van der Waals surface area contributed by atoms with Gasteiger partial charge in [0.1, 0.15) is 6.61 Å². The van der Waals surface area contributed by atoms with Gasteiger partial charge in [-0.2, -0.15) is 0 Å². The normalized spacial score (nSPS) is 12.8. The Hall–Kier alpha value is -1.73. The third kappa shape index (κ3) is 42.9. The number of phosphoric ester groups is 1. The monoisotopic (exact) mass is 769 g/mol. The summed E-state index contributed by atoms with van der Waals surface area (Å²) in [5.41, 5.74) is 0. The first-order valence-electron chi connectivity index (χ1n) is 21.8. The summed E-state index contributed by atoms with van der Waals surface area (Å²) >= 11 is 0. The van der Waals surface area contributed by atoms with Gasteiger partial charge in [0.25, 0.3) is 0 Å². The van der Waals surface area contributed by atoms with Crippen molar-refractivity contribution in [1.82, 2.24) is 0 Å². The molecule has 0 unspecified atom stereocenters. The molecule has 0 aromatic rings. The fourth-order valence-corrected chi connectivity index (χ4v) is 6.51. The lowest BCUT2D eigenvalue weighted by molar-refractivity contribution is -0.161. The Kier molecular flexibility index (Phi) is 38.6. The Morgan fingerprint density at radius 2 is 0.849 bits per heavy atom. The lowest BCUT2D eigenvalue weighted by Crippen LogP contribution is -2.29. The maximum Gasteiger partial charge on any atom is 0.469 e. The third-order valence-electron chi connectivity index (χ3n) is 9.41. The first kappa shape index (κ1) is 51.3. The number of unbranched alkanes of at least 4 members (excludes halogenated alkanes) is 24. The minimum absolute atomic E-state index is 0.210. The van der Waals surface area contributed by atoms with Crippen LogP contribution in [0.2, 0.25) is 0 Å². The molecule has 0 saturated carbocycles. The Morgan fingerprint density at radius 3 is 1.30 bits per heavy atom. The smallest absolute Gasteiger partial charge is 0.462 e. The molecule has 0 aromatic carbocycles. The summed E-state index contributed by atoms with van der Waals surface area (Å²) in [6.45, 7) is 3.66. The first-order valence-corrected chi connectivity index (χ1v) is 23.3. The van der Waals surface area contributed by atoms with Gasteiger partial charge in [-0.25, -0.2) is 4.57 Å². The van der Waals surface area contributed by atoms with Gasteiger partial charge in [-0.15, -0.1) is 0 Å². The van der Waals surface area contributed by atoms with Crippen LogP contribution in [0.5, 0.6) is 0 Å². The highest BCUT2D eigenvalue weighted by atomic mass is 31.2. The highest BCUT2D eigenvalue weighted by Gasteiger charge is 2.22. The number of hydrogen-bond acceptors (Lipinski definition) is 6. The van der Waals surface area contributed by atoms with Crippen LogP contribution in [0.4, 0.5) is 0 Å². The van der Waals surface area contributed by atoms with Gasteiger partial charge in [0, 0.05) is 12.8 Å². The number of esters is 2. The van der Waals surface area contributed by atoms with Crippen molar-refractivity contribution in [3.8, 4) is 0 Å². The zero-order valence-electron chi connectivity index (χ0n) is 34.2. The molecule has 0 radical (unpaired) electrons. The van der Waals surface area contributed by atoms with Crippen molar-refractivity contribution in [2.24, 2.45) is 0 Å². The van der Waals surface area contributed by atoms with Gasteiger partial charge in [-0.05, 0) is 51.4 Å². The van der Waals surface area contributed by atoms with E-state index in [2.05, 4.69) is 54.8 Å². The Morgan fingerprint density at radius 1 is 0.491 bits per heavy atom. The van der Waals surface area contributed by atoms with Crippen LogP contribution in [-0.4, -0.2) is 41.0 Å². The van der Waals surface area contributed by atoms with Gasteiger partial charge >= 0.3 is 19.8 Å². The van der Waals surface area contributed by atoms with E-state index in [-0.39, 0.29) is 19.4 Å². The number of allylic oxidation sites excluding steroid dienone is 6. The standard InChI is InChI=1S/C44H81O8P/c1-3-5-7-9-11-13-15-17-19-21-23-25-27-29-31-33-35-37-39-44(46)52-42(41-51-53(47,48)49)40-50-43(45)38-36-34-32-30-28-26-24-22-20-18-16-14-12-10-8-6-4-2/h12,14,18,20,24,26,42H,3-11,13,15-17,19,21-23,25,27-41H2,1-2H3,(H2,47,48,49)/b14-12+,20-18+,26-24+/t42-/m1/s1. The molecule has 0 aliphatic rings. The average molecular weight is 769 g/mol. The van der Waals surface area contributed by atoms with Crippen LogP contribution in [0.3, 0.4) is 0 Å². The van der Waals surface area contributed by atoms with Crippen molar-refractivity contribution in [2.45, 2.75) is 219 Å². The first-order chi connectivity index (χ1) is 25.8.